The van der Waals surface area contributed by atoms with E-state index in [1.165, 1.54) is 4.68 Å². The first-order valence-corrected chi connectivity index (χ1v) is 5.21. The van der Waals surface area contributed by atoms with Crippen molar-refractivity contribution >= 4 is 11.6 Å². The molecule has 0 aliphatic rings. The standard InChI is InChI=1S/C11H10N6O/c1-17-10(14-15-16-17)6-11(18)13-9-5-3-2-4-8(9)7-12/h2-5H,6H2,1H3,(H,13,18). The molecule has 1 N–H and O–H groups in total. The number of amides is 1. The Kier molecular flexibility index (Phi) is 3.29. The van der Waals surface area contributed by atoms with Crippen molar-refractivity contribution in [1.29, 1.82) is 5.26 Å². The fourth-order valence-electron chi connectivity index (χ4n) is 1.43. The second-order valence-corrected chi connectivity index (χ2v) is 3.60. The number of aryl methyl sites for hydroxylation is 1. The second-order valence-electron chi connectivity index (χ2n) is 3.60. The summed E-state index contributed by atoms with van der Waals surface area (Å²) in [7, 11) is 1.66. The van der Waals surface area contributed by atoms with Crippen molar-refractivity contribution in [3.63, 3.8) is 0 Å². The number of nitrogens with one attached hydrogen (secondary N) is 1. The predicted octanol–water partition coefficient (Wildman–Crippen LogP) is 0.263. The van der Waals surface area contributed by atoms with Gasteiger partial charge in [0.05, 0.1) is 17.7 Å². The van der Waals surface area contributed by atoms with Crippen LogP contribution in [0.2, 0.25) is 0 Å². The van der Waals surface area contributed by atoms with E-state index in [-0.39, 0.29) is 12.3 Å². The molecule has 7 nitrogen and oxygen atoms in total. The molecule has 0 aliphatic carbocycles. The van der Waals surface area contributed by atoms with Crippen LogP contribution in [-0.4, -0.2) is 26.1 Å². The summed E-state index contributed by atoms with van der Waals surface area (Å²) in [5, 5.41) is 22.3. The van der Waals surface area contributed by atoms with Gasteiger partial charge in [0.25, 0.3) is 0 Å². The number of nitrogens with zero attached hydrogens (tertiary/aromatic N) is 5. The Hall–Kier alpha value is -2.75. The lowest BCUT2D eigenvalue weighted by molar-refractivity contribution is -0.115. The number of para-hydroxylation sites is 1. The van der Waals surface area contributed by atoms with Crippen LogP contribution in [0.1, 0.15) is 11.4 Å². The van der Waals surface area contributed by atoms with Crippen molar-refractivity contribution < 1.29 is 4.79 Å². The van der Waals surface area contributed by atoms with Gasteiger partial charge in [-0.3, -0.25) is 4.79 Å². The molecule has 0 spiro atoms. The number of hydrogen-bond acceptors (Lipinski definition) is 5. The zero-order valence-electron chi connectivity index (χ0n) is 9.66. The Labute approximate surface area is 103 Å². The summed E-state index contributed by atoms with van der Waals surface area (Å²) in [6.07, 6.45) is 0.0588. The van der Waals surface area contributed by atoms with Crippen LogP contribution in [0.4, 0.5) is 5.69 Å². The SMILES string of the molecule is Cn1nnnc1CC(=O)Nc1ccccc1C#N. The van der Waals surface area contributed by atoms with Crippen LogP contribution in [0.5, 0.6) is 0 Å². The van der Waals surface area contributed by atoms with Gasteiger partial charge in [-0.25, -0.2) is 4.68 Å². The van der Waals surface area contributed by atoms with Gasteiger partial charge >= 0.3 is 0 Å². The highest BCUT2D eigenvalue weighted by Crippen LogP contribution is 2.13. The number of hydrogen-bond donors (Lipinski definition) is 1. The molecule has 0 fully saturated rings. The number of nitriles is 1. The third-order valence-electron chi connectivity index (χ3n) is 2.35. The Morgan fingerprint density at radius 2 is 2.28 bits per heavy atom. The summed E-state index contributed by atoms with van der Waals surface area (Å²) < 4.78 is 1.43. The van der Waals surface area contributed by atoms with E-state index in [2.05, 4.69) is 20.8 Å². The molecule has 0 radical (unpaired) electrons. The van der Waals surface area contributed by atoms with Crippen molar-refractivity contribution in [2.45, 2.75) is 6.42 Å². The highest BCUT2D eigenvalue weighted by molar-refractivity contribution is 5.93. The van der Waals surface area contributed by atoms with Crippen molar-refractivity contribution in [3.05, 3.63) is 35.7 Å². The number of benzene rings is 1. The molecule has 0 saturated carbocycles. The minimum atomic E-state index is -0.268. The summed E-state index contributed by atoms with van der Waals surface area (Å²) >= 11 is 0. The topological polar surface area (TPSA) is 96.5 Å². The molecule has 0 aliphatic heterocycles. The molecule has 2 rings (SSSR count). The normalized spacial score (nSPS) is 9.78. The van der Waals surface area contributed by atoms with Gasteiger partial charge in [0, 0.05) is 7.05 Å². The summed E-state index contributed by atoms with van der Waals surface area (Å²) in [5.74, 6) is 0.192. The lowest BCUT2D eigenvalue weighted by Crippen LogP contribution is -2.17. The fourth-order valence-corrected chi connectivity index (χ4v) is 1.43. The van der Waals surface area contributed by atoms with Crippen LogP contribution in [-0.2, 0) is 18.3 Å². The van der Waals surface area contributed by atoms with Gasteiger partial charge < -0.3 is 5.32 Å². The lowest BCUT2D eigenvalue weighted by Gasteiger charge is -2.05. The number of rotatable bonds is 3. The molecule has 0 atom stereocenters. The summed E-state index contributed by atoms with van der Waals surface area (Å²) in [6, 6.07) is 8.81. The third kappa shape index (κ3) is 2.49. The largest absolute Gasteiger partial charge is 0.325 e. The number of carbonyl (C=O) groups is 1. The van der Waals surface area contributed by atoms with E-state index in [1.807, 2.05) is 6.07 Å². The first-order chi connectivity index (χ1) is 8.70. The van der Waals surface area contributed by atoms with Crippen LogP contribution in [0.25, 0.3) is 0 Å². The van der Waals surface area contributed by atoms with E-state index >= 15 is 0 Å². The fraction of sp³-hybridized carbons (Fsp3) is 0.182. The number of anilines is 1. The molecule has 0 saturated heterocycles. The molecule has 1 amide bonds. The first-order valence-electron chi connectivity index (χ1n) is 5.21. The minimum Gasteiger partial charge on any atom is -0.325 e. The maximum absolute atomic E-state index is 11.8. The molecule has 1 aromatic carbocycles. The zero-order valence-corrected chi connectivity index (χ0v) is 9.66. The first kappa shape index (κ1) is 11.7. The average molecular weight is 242 g/mol. The second kappa shape index (κ2) is 5.05. The van der Waals surface area contributed by atoms with E-state index in [9.17, 15) is 4.79 Å². The Morgan fingerprint density at radius 1 is 1.50 bits per heavy atom. The number of carbonyl (C=O) groups excluding carboxylic acids is 1. The van der Waals surface area contributed by atoms with Crippen LogP contribution < -0.4 is 5.32 Å². The highest BCUT2D eigenvalue weighted by atomic mass is 16.1. The van der Waals surface area contributed by atoms with Gasteiger partial charge in [-0.05, 0) is 22.6 Å². The van der Waals surface area contributed by atoms with Gasteiger partial charge in [0.2, 0.25) is 5.91 Å². The van der Waals surface area contributed by atoms with Crippen molar-refractivity contribution in [1.82, 2.24) is 20.2 Å². The van der Waals surface area contributed by atoms with E-state index in [4.69, 9.17) is 5.26 Å². The maximum Gasteiger partial charge on any atom is 0.232 e. The number of aromatic nitrogens is 4. The molecular formula is C11H10N6O. The molecule has 7 heteroatoms. The Balaban J connectivity index is 2.08. The number of tetrazole rings is 1. The van der Waals surface area contributed by atoms with Gasteiger partial charge in [0.1, 0.15) is 6.07 Å². The van der Waals surface area contributed by atoms with Crippen LogP contribution in [0.3, 0.4) is 0 Å². The molecule has 18 heavy (non-hydrogen) atoms. The monoisotopic (exact) mass is 242 g/mol. The smallest absolute Gasteiger partial charge is 0.232 e. The zero-order chi connectivity index (χ0) is 13.0. The van der Waals surface area contributed by atoms with E-state index in [0.717, 1.165) is 0 Å². The molecule has 1 heterocycles. The highest BCUT2D eigenvalue weighted by Gasteiger charge is 2.11. The van der Waals surface area contributed by atoms with E-state index in [0.29, 0.717) is 17.1 Å². The van der Waals surface area contributed by atoms with Gasteiger partial charge in [-0.1, -0.05) is 12.1 Å². The average Bonchev–Trinajstić information content (AvgIpc) is 2.75. The van der Waals surface area contributed by atoms with Gasteiger partial charge in [-0.15, -0.1) is 5.10 Å². The molecule has 90 valence electrons. The predicted molar refractivity (Wildman–Crippen MR) is 62.3 cm³/mol. The molecule has 0 bridgehead atoms. The minimum absolute atomic E-state index is 0.0588. The van der Waals surface area contributed by atoms with Gasteiger partial charge in [0.15, 0.2) is 5.82 Å². The van der Waals surface area contributed by atoms with Crippen molar-refractivity contribution in [2.24, 2.45) is 7.05 Å². The van der Waals surface area contributed by atoms with E-state index in [1.54, 1.807) is 31.3 Å². The van der Waals surface area contributed by atoms with Crippen molar-refractivity contribution in [2.75, 3.05) is 5.32 Å². The van der Waals surface area contributed by atoms with E-state index < -0.39 is 0 Å². The van der Waals surface area contributed by atoms with Crippen LogP contribution >= 0.6 is 0 Å². The third-order valence-corrected chi connectivity index (χ3v) is 2.35. The van der Waals surface area contributed by atoms with Gasteiger partial charge in [-0.2, -0.15) is 5.26 Å². The van der Waals surface area contributed by atoms with Crippen LogP contribution in [0.15, 0.2) is 24.3 Å². The van der Waals surface area contributed by atoms with Crippen LogP contribution in [0, 0.1) is 11.3 Å². The summed E-state index contributed by atoms with van der Waals surface area (Å²) in [4.78, 5) is 11.8. The Bertz CT molecular complexity index is 612. The summed E-state index contributed by atoms with van der Waals surface area (Å²) in [5.41, 5.74) is 0.905. The molecule has 1 aromatic heterocycles. The summed E-state index contributed by atoms with van der Waals surface area (Å²) in [6.45, 7) is 0. The quantitative estimate of drug-likeness (QED) is 0.832. The Morgan fingerprint density at radius 3 is 2.94 bits per heavy atom. The maximum atomic E-state index is 11.8. The molecule has 0 unspecified atom stereocenters. The van der Waals surface area contributed by atoms with Crippen molar-refractivity contribution in [3.8, 4) is 6.07 Å². The molecular weight excluding hydrogens is 232 g/mol. The lowest BCUT2D eigenvalue weighted by atomic mass is 10.2. The molecule has 2 aromatic rings.